The first kappa shape index (κ1) is 13.4. The van der Waals surface area contributed by atoms with Gasteiger partial charge in [0.2, 0.25) is 0 Å². The van der Waals surface area contributed by atoms with E-state index >= 15 is 0 Å². The Morgan fingerprint density at radius 1 is 1.50 bits per heavy atom. The van der Waals surface area contributed by atoms with Crippen LogP contribution in [0.5, 0.6) is 0 Å². The van der Waals surface area contributed by atoms with E-state index in [2.05, 4.69) is 11.8 Å². The molecule has 1 rings (SSSR count). The molecule has 0 aliphatic rings. The third-order valence-corrected chi connectivity index (χ3v) is 2.89. The Morgan fingerprint density at radius 3 is 2.69 bits per heavy atom. The van der Waals surface area contributed by atoms with Crippen LogP contribution in [-0.4, -0.2) is 25.0 Å². The van der Waals surface area contributed by atoms with Crippen LogP contribution in [0.25, 0.3) is 0 Å². The molecule has 0 fully saturated rings. The summed E-state index contributed by atoms with van der Waals surface area (Å²) in [4.78, 5) is 2.06. The molecule has 0 spiro atoms. The highest BCUT2D eigenvalue weighted by Gasteiger charge is 2.18. The van der Waals surface area contributed by atoms with E-state index in [4.69, 9.17) is 17.3 Å². The first-order valence-electron chi connectivity index (χ1n) is 5.45. The number of nitrogens with two attached hydrogens (primary N) is 1. The zero-order chi connectivity index (χ0) is 12.1. The summed E-state index contributed by atoms with van der Waals surface area (Å²) in [6, 6.07) is 4.65. The van der Waals surface area contributed by atoms with Crippen molar-refractivity contribution in [2.24, 2.45) is 5.73 Å². The second kappa shape index (κ2) is 6.18. The molecule has 0 saturated heterocycles. The maximum Gasteiger partial charge on any atom is 0.129 e. The summed E-state index contributed by atoms with van der Waals surface area (Å²) < 4.78 is 13.7. The molecule has 0 aliphatic carbocycles. The van der Waals surface area contributed by atoms with E-state index in [1.165, 1.54) is 6.07 Å². The van der Waals surface area contributed by atoms with Gasteiger partial charge in [0.25, 0.3) is 0 Å². The molecule has 0 heterocycles. The molecule has 0 radical (unpaired) electrons. The molecule has 0 saturated carbocycles. The third kappa shape index (κ3) is 3.17. The second-order valence-corrected chi connectivity index (χ2v) is 4.33. The smallest absolute Gasteiger partial charge is 0.129 e. The highest BCUT2D eigenvalue weighted by Crippen LogP contribution is 2.24. The maximum absolute atomic E-state index is 13.7. The quantitative estimate of drug-likeness (QED) is 0.863. The number of hydrogen-bond acceptors (Lipinski definition) is 2. The average Bonchev–Trinajstić information content (AvgIpc) is 2.22. The molecule has 16 heavy (non-hydrogen) atoms. The van der Waals surface area contributed by atoms with Crippen LogP contribution in [0.2, 0.25) is 5.02 Å². The van der Waals surface area contributed by atoms with Gasteiger partial charge in [-0.15, -0.1) is 0 Å². The predicted molar refractivity (Wildman–Crippen MR) is 66.1 cm³/mol. The SMILES string of the molecule is CCCN(C)C(CN)c1ccc(Cl)cc1F. The van der Waals surface area contributed by atoms with Gasteiger partial charge in [0.05, 0.1) is 0 Å². The van der Waals surface area contributed by atoms with Crippen molar-refractivity contribution in [3.63, 3.8) is 0 Å². The van der Waals surface area contributed by atoms with Crippen molar-refractivity contribution in [2.75, 3.05) is 20.1 Å². The van der Waals surface area contributed by atoms with Crippen molar-refractivity contribution < 1.29 is 4.39 Å². The van der Waals surface area contributed by atoms with Crippen molar-refractivity contribution in [3.8, 4) is 0 Å². The normalized spacial score (nSPS) is 13.1. The number of likely N-dealkylation sites (N-methyl/N-ethyl adjacent to an activating group) is 1. The minimum absolute atomic E-state index is 0.0859. The molecule has 1 aromatic rings. The Balaban J connectivity index is 2.94. The lowest BCUT2D eigenvalue weighted by Crippen LogP contribution is -2.31. The summed E-state index contributed by atoms with van der Waals surface area (Å²) in [6.45, 7) is 3.38. The monoisotopic (exact) mass is 244 g/mol. The Hall–Kier alpha value is -0.640. The van der Waals surface area contributed by atoms with Crippen molar-refractivity contribution in [3.05, 3.63) is 34.6 Å². The van der Waals surface area contributed by atoms with E-state index in [0.29, 0.717) is 17.1 Å². The van der Waals surface area contributed by atoms with Gasteiger partial charge in [0, 0.05) is 23.2 Å². The van der Waals surface area contributed by atoms with Crippen LogP contribution in [-0.2, 0) is 0 Å². The summed E-state index contributed by atoms with van der Waals surface area (Å²) in [5.74, 6) is -0.286. The molecule has 1 unspecified atom stereocenters. The Labute approximate surface area is 101 Å². The van der Waals surface area contributed by atoms with Crippen molar-refractivity contribution in [1.82, 2.24) is 4.90 Å². The molecule has 0 bridgehead atoms. The number of hydrogen-bond donors (Lipinski definition) is 1. The fraction of sp³-hybridized carbons (Fsp3) is 0.500. The maximum atomic E-state index is 13.7. The second-order valence-electron chi connectivity index (χ2n) is 3.90. The highest BCUT2D eigenvalue weighted by atomic mass is 35.5. The van der Waals surface area contributed by atoms with Crippen LogP contribution >= 0.6 is 11.6 Å². The number of halogens is 2. The summed E-state index contributed by atoms with van der Waals surface area (Å²) >= 11 is 5.72. The van der Waals surface area contributed by atoms with Crippen LogP contribution < -0.4 is 5.73 Å². The number of rotatable bonds is 5. The molecule has 1 atom stereocenters. The Morgan fingerprint density at radius 2 is 2.19 bits per heavy atom. The van der Waals surface area contributed by atoms with Gasteiger partial charge in [-0.2, -0.15) is 0 Å². The third-order valence-electron chi connectivity index (χ3n) is 2.65. The molecule has 2 N–H and O–H groups in total. The molecule has 90 valence electrons. The van der Waals surface area contributed by atoms with Gasteiger partial charge in [0.1, 0.15) is 5.82 Å². The van der Waals surface area contributed by atoms with Crippen LogP contribution in [0.15, 0.2) is 18.2 Å². The topological polar surface area (TPSA) is 29.3 Å². The average molecular weight is 245 g/mol. The summed E-state index contributed by atoms with van der Waals surface area (Å²) in [5, 5.41) is 0.412. The Kier molecular flexibility index (Phi) is 5.19. The van der Waals surface area contributed by atoms with Gasteiger partial charge < -0.3 is 5.73 Å². The lowest BCUT2D eigenvalue weighted by Gasteiger charge is -2.27. The molecule has 4 heteroatoms. The fourth-order valence-corrected chi connectivity index (χ4v) is 1.98. The van der Waals surface area contributed by atoms with Gasteiger partial charge in [0.15, 0.2) is 0 Å². The molecular weight excluding hydrogens is 227 g/mol. The lowest BCUT2D eigenvalue weighted by atomic mass is 10.0. The van der Waals surface area contributed by atoms with Crippen LogP contribution in [0.1, 0.15) is 24.9 Å². The summed E-state index contributed by atoms with van der Waals surface area (Å²) in [6.07, 6.45) is 1.02. The standard InChI is InChI=1S/C12H18ClFN2/c1-3-6-16(2)12(8-15)10-5-4-9(13)7-11(10)14/h4-5,7,12H,3,6,8,15H2,1-2H3. The van der Waals surface area contributed by atoms with Gasteiger partial charge in [-0.1, -0.05) is 24.6 Å². The van der Waals surface area contributed by atoms with Crippen LogP contribution in [0.3, 0.4) is 0 Å². The predicted octanol–water partition coefficient (Wildman–Crippen LogP) is 2.82. The first-order valence-corrected chi connectivity index (χ1v) is 5.83. The number of benzene rings is 1. The zero-order valence-corrected chi connectivity index (χ0v) is 10.5. The van der Waals surface area contributed by atoms with Gasteiger partial charge in [-0.05, 0) is 32.1 Å². The Bertz CT molecular complexity index is 344. The minimum Gasteiger partial charge on any atom is -0.329 e. The molecule has 0 aliphatic heterocycles. The number of nitrogens with zero attached hydrogens (tertiary/aromatic N) is 1. The van der Waals surface area contributed by atoms with E-state index in [1.54, 1.807) is 12.1 Å². The van der Waals surface area contributed by atoms with Crippen molar-refractivity contribution in [1.29, 1.82) is 0 Å². The molecule has 1 aromatic carbocycles. The van der Waals surface area contributed by atoms with Crippen molar-refractivity contribution >= 4 is 11.6 Å². The van der Waals surface area contributed by atoms with Crippen LogP contribution in [0.4, 0.5) is 4.39 Å². The van der Waals surface area contributed by atoms with E-state index < -0.39 is 0 Å². The molecule has 2 nitrogen and oxygen atoms in total. The first-order chi connectivity index (χ1) is 7.60. The molecule has 0 amide bonds. The van der Waals surface area contributed by atoms with E-state index in [9.17, 15) is 4.39 Å². The van der Waals surface area contributed by atoms with Crippen LogP contribution in [0, 0.1) is 5.82 Å². The summed E-state index contributed by atoms with van der Waals surface area (Å²) in [7, 11) is 1.95. The highest BCUT2D eigenvalue weighted by molar-refractivity contribution is 6.30. The molecular formula is C12H18ClFN2. The minimum atomic E-state index is -0.286. The van der Waals surface area contributed by atoms with E-state index in [0.717, 1.165) is 13.0 Å². The zero-order valence-electron chi connectivity index (χ0n) is 9.71. The fourth-order valence-electron chi connectivity index (χ4n) is 1.82. The van der Waals surface area contributed by atoms with Gasteiger partial charge in [-0.3, -0.25) is 4.90 Å². The van der Waals surface area contributed by atoms with Gasteiger partial charge >= 0.3 is 0 Å². The lowest BCUT2D eigenvalue weighted by molar-refractivity contribution is 0.245. The van der Waals surface area contributed by atoms with Crippen molar-refractivity contribution in [2.45, 2.75) is 19.4 Å². The molecule has 0 aromatic heterocycles. The van der Waals surface area contributed by atoms with E-state index in [-0.39, 0.29) is 11.9 Å². The summed E-state index contributed by atoms with van der Waals surface area (Å²) in [5.41, 5.74) is 6.32. The van der Waals surface area contributed by atoms with E-state index in [1.807, 2.05) is 7.05 Å². The largest absolute Gasteiger partial charge is 0.329 e. The van der Waals surface area contributed by atoms with Gasteiger partial charge in [-0.25, -0.2) is 4.39 Å².